The second kappa shape index (κ2) is 5.77. The number of hydrogen-bond donors (Lipinski definition) is 1. The van der Waals surface area contributed by atoms with Gasteiger partial charge in [0.25, 0.3) is 0 Å². The highest BCUT2D eigenvalue weighted by atomic mass is 35.5. The number of anilines is 1. The zero-order chi connectivity index (χ0) is 13.0. The number of rotatable bonds is 4. The minimum Gasteiger partial charge on any atom is -0.493 e. The Morgan fingerprint density at radius 1 is 1.24 bits per heavy atom. The third kappa shape index (κ3) is 3.27. The van der Waals surface area contributed by atoms with E-state index in [0.717, 1.165) is 0 Å². The maximum atomic E-state index is 11.6. The average Bonchev–Trinajstić information content (AvgIpc) is 2.30. The number of benzene rings is 1. The number of nitrogens with one attached hydrogen (secondary N) is 1. The van der Waals surface area contributed by atoms with Crippen LogP contribution in [0.2, 0.25) is 5.02 Å². The van der Waals surface area contributed by atoms with Crippen molar-refractivity contribution in [3.8, 4) is 11.5 Å². The third-order valence-electron chi connectivity index (χ3n) is 2.26. The molecule has 0 atom stereocenters. The van der Waals surface area contributed by atoms with Crippen molar-refractivity contribution in [3.63, 3.8) is 0 Å². The van der Waals surface area contributed by atoms with Crippen LogP contribution in [0.5, 0.6) is 11.5 Å². The number of ether oxygens (including phenoxy) is 2. The molecule has 0 saturated carbocycles. The van der Waals surface area contributed by atoms with E-state index in [1.165, 1.54) is 14.2 Å². The maximum absolute atomic E-state index is 11.6. The fraction of sp³-hybridized carbons (Fsp3) is 0.417. The number of carbonyl (C=O) groups is 1. The van der Waals surface area contributed by atoms with Crippen LogP contribution >= 0.6 is 11.6 Å². The molecule has 0 aliphatic rings. The molecule has 1 N–H and O–H groups in total. The predicted octanol–water partition coefficient (Wildman–Crippen LogP) is 2.95. The van der Waals surface area contributed by atoms with Crippen LogP contribution < -0.4 is 14.8 Å². The van der Waals surface area contributed by atoms with Crippen molar-refractivity contribution >= 4 is 23.2 Å². The van der Waals surface area contributed by atoms with Crippen molar-refractivity contribution < 1.29 is 14.3 Å². The van der Waals surface area contributed by atoms with Crippen LogP contribution in [-0.4, -0.2) is 20.1 Å². The zero-order valence-electron chi connectivity index (χ0n) is 10.3. The van der Waals surface area contributed by atoms with Crippen LogP contribution in [-0.2, 0) is 4.79 Å². The predicted molar refractivity (Wildman–Crippen MR) is 68.0 cm³/mol. The molecule has 0 fully saturated rings. The van der Waals surface area contributed by atoms with Crippen molar-refractivity contribution in [2.45, 2.75) is 13.8 Å². The summed E-state index contributed by atoms with van der Waals surface area (Å²) < 4.78 is 10.2. The molecule has 0 radical (unpaired) electrons. The highest BCUT2D eigenvalue weighted by Gasteiger charge is 2.13. The lowest BCUT2D eigenvalue weighted by molar-refractivity contribution is -0.118. The fourth-order valence-electron chi connectivity index (χ4n) is 1.23. The monoisotopic (exact) mass is 257 g/mol. The standard InChI is InChI=1S/C12H16ClNO3/c1-7(2)12(15)14-9-6-11(17-4)10(16-3)5-8(9)13/h5-7H,1-4H3,(H,14,15). The lowest BCUT2D eigenvalue weighted by Crippen LogP contribution is -2.18. The summed E-state index contributed by atoms with van der Waals surface area (Å²) in [4.78, 5) is 11.6. The highest BCUT2D eigenvalue weighted by Crippen LogP contribution is 2.36. The minimum absolute atomic E-state index is 0.0980. The van der Waals surface area contributed by atoms with Gasteiger partial charge < -0.3 is 14.8 Å². The molecule has 5 heteroatoms. The number of methoxy groups -OCH3 is 2. The average molecular weight is 258 g/mol. The Morgan fingerprint density at radius 3 is 2.24 bits per heavy atom. The van der Waals surface area contributed by atoms with Crippen molar-refractivity contribution in [2.75, 3.05) is 19.5 Å². The molecule has 0 heterocycles. The van der Waals surface area contributed by atoms with Gasteiger partial charge in [0.05, 0.1) is 24.9 Å². The van der Waals surface area contributed by atoms with E-state index in [1.54, 1.807) is 12.1 Å². The largest absolute Gasteiger partial charge is 0.493 e. The molecule has 0 saturated heterocycles. The van der Waals surface area contributed by atoms with Gasteiger partial charge in [-0.3, -0.25) is 4.79 Å². The quantitative estimate of drug-likeness (QED) is 0.902. The summed E-state index contributed by atoms with van der Waals surface area (Å²) in [5, 5.41) is 3.14. The summed E-state index contributed by atoms with van der Waals surface area (Å²) in [5.41, 5.74) is 0.517. The molecule has 4 nitrogen and oxygen atoms in total. The van der Waals surface area contributed by atoms with Crippen LogP contribution in [0.1, 0.15) is 13.8 Å². The SMILES string of the molecule is COc1cc(Cl)c(NC(=O)C(C)C)cc1OC. The molecule has 17 heavy (non-hydrogen) atoms. The van der Waals surface area contributed by atoms with Gasteiger partial charge in [-0.05, 0) is 0 Å². The molecule has 1 aromatic carbocycles. The number of halogens is 1. The van der Waals surface area contributed by atoms with Crippen molar-refractivity contribution in [1.82, 2.24) is 0 Å². The summed E-state index contributed by atoms with van der Waals surface area (Å²) in [5.74, 6) is 0.842. The topological polar surface area (TPSA) is 47.6 Å². The second-order valence-corrected chi connectivity index (χ2v) is 4.24. The first-order chi connectivity index (χ1) is 7.99. The summed E-state index contributed by atoms with van der Waals surface area (Å²) in [6, 6.07) is 3.25. The van der Waals surface area contributed by atoms with Gasteiger partial charge >= 0.3 is 0 Å². The Morgan fingerprint density at radius 2 is 1.76 bits per heavy atom. The Hall–Kier alpha value is -1.42. The summed E-state index contributed by atoms with van der Waals surface area (Å²) >= 11 is 6.04. The number of hydrogen-bond acceptors (Lipinski definition) is 3. The van der Waals surface area contributed by atoms with Gasteiger partial charge in [0, 0.05) is 18.1 Å². The highest BCUT2D eigenvalue weighted by molar-refractivity contribution is 6.34. The molecule has 0 aliphatic carbocycles. The first-order valence-corrected chi connectivity index (χ1v) is 5.59. The third-order valence-corrected chi connectivity index (χ3v) is 2.57. The molecular weight excluding hydrogens is 242 g/mol. The summed E-state index contributed by atoms with van der Waals surface area (Å²) in [7, 11) is 3.06. The molecule has 0 aliphatic heterocycles. The van der Waals surface area contributed by atoms with Crippen molar-refractivity contribution in [2.24, 2.45) is 5.92 Å². The van der Waals surface area contributed by atoms with Gasteiger partial charge in [0.15, 0.2) is 11.5 Å². The van der Waals surface area contributed by atoms with E-state index >= 15 is 0 Å². The fourth-order valence-corrected chi connectivity index (χ4v) is 1.43. The first-order valence-electron chi connectivity index (χ1n) is 5.22. The zero-order valence-corrected chi connectivity index (χ0v) is 11.1. The Labute approximate surface area is 106 Å². The lowest BCUT2D eigenvalue weighted by Gasteiger charge is -2.13. The molecule has 1 rings (SSSR count). The molecule has 0 aromatic heterocycles. The van der Waals surface area contributed by atoms with E-state index in [2.05, 4.69) is 5.32 Å². The van der Waals surface area contributed by atoms with E-state index in [-0.39, 0.29) is 11.8 Å². The van der Waals surface area contributed by atoms with Crippen LogP contribution in [0.15, 0.2) is 12.1 Å². The summed E-state index contributed by atoms with van der Waals surface area (Å²) in [6.07, 6.45) is 0. The van der Waals surface area contributed by atoms with Gasteiger partial charge in [0.2, 0.25) is 5.91 Å². The van der Waals surface area contributed by atoms with E-state index in [9.17, 15) is 4.79 Å². The lowest BCUT2D eigenvalue weighted by atomic mass is 10.2. The van der Waals surface area contributed by atoms with Gasteiger partial charge in [-0.1, -0.05) is 25.4 Å². The Kier molecular flexibility index (Phi) is 4.63. The van der Waals surface area contributed by atoms with Crippen molar-refractivity contribution in [1.29, 1.82) is 0 Å². The summed E-state index contributed by atoms with van der Waals surface area (Å²) in [6.45, 7) is 3.62. The second-order valence-electron chi connectivity index (χ2n) is 3.83. The van der Waals surface area contributed by atoms with Crippen LogP contribution in [0, 0.1) is 5.92 Å². The van der Waals surface area contributed by atoms with Crippen LogP contribution in [0.25, 0.3) is 0 Å². The smallest absolute Gasteiger partial charge is 0.226 e. The van der Waals surface area contributed by atoms with Crippen LogP contribution in [0.3, 0.4) is 0 Å². The normalized spacial score (nSPS) is 10.2. The van der Waals surface area contributed by atoms with Gasteiger partial charge in [-0.25, -0.2) is 0 Å². The molecular formula is C12H16ClNO3. The molecule has 1 amide bonds. The van der Waals surface area contributed by atoms with Crippen LogP contribution in [0.4, 0.5) is 5.69 Å². The van der Waals surface area contributed by atoms with E-state index in [4.69, 9.17) is 21.1 Å². The van der Waals surface area contributed by atoms with Gasteiger partial charge in [-0.15, -0.1) is 0 Å². The number of carbonyl (C=O) groups excluding carboxylic acids is 1. The van der Waals surface area contributed by atoms with E-state index < -0.39 is 0 Å². The Balaban J connectivity index is 3.04. The van der Waals surface area contributed by atoms with E-state index in [1.807, 2.05) is 13.8 Å². The first kappa shape index (κ1) is 13.6. The molecule has 0 bridgehead atoms. The van der Waals surface area contributed by atoms with Crippen molar-refractivity contribution in [3.05, 3.63) is 17.2 Å². The molecule has 0 unspecified atom stereocenters. The minimum atomic E-state index is -0.112. The van der Waals surface area contributed by atoms with Gasteiger partial charge in [0.1, 0.15) is 0 Å². The molecule has 1 aromatic rings. The molecule has 0 spiro atoms. The number of amides is 1. The molecule has 94 valence electrons. The Bertz CT molecular complexity index is 418. The van der Waals surface area contributed by atoms with Gasteiger partial charge in [-0.2, -0.15) is 0 Å². The van der Waals surface area contributed by atoms with E-state index in [0.29, 0.717) is 22.2 Å². The maximum Gasteiger partial charge on any atom is 0.226 e.